The highest BCUT2D eigenvalue weighted by molar-refractivity contribution is 5.81. The SMILES string of the molecule is Cc1nc(N(C)CC(=O)NC2CC2)ccc1N. The standard InChI is InChI=1S/C12H18N4O/c1-8-10(13)5-6-11(14-8)16(2)7-12(17)15-9-3-4-9/h5-6,9H,3-4,7,13H2,1-2H3,(H,15,17). The first-order valence-electron chi connectivity index (χ1n) is 5.80. The number of carbonyl (C=O) groups excluding carboxylic acids is 1. The van der Waals surface area contributed by atoms with Gasteiger partial charge in [0.05, 0.1) is 17.9 Å². The lowest BCUT2D eigenvalue weighted by atomic mass is 10.3. The Bertz CT molecular complexity index is 429. The highest BCUT2D eigenvalue weighted by Gasteiger charge is 2.23. The van der Waals surface area contributed by atoms with Gasteiger partial charge in [0, 0.05) is 13.1 Å². The summed E-state index contributed by atoms with van der Waals surface area (Å²) in [6.45, 7) is 2.18. The van der Waals surface area contributed by atoms with Crippen LogP contribution in [-0.4, -0.2) is 30.5 Å². The minimum Gasteiger partial charge on any atom is -0.397 e. The molecule has 5 nitrogen and oxygen atoms in total. The van der Waals surface area contributed by atoms with Crippen LogP contribution in [0.3, 0.4) is 0 Å². The van der Waals surface area contributed by atoms with E-state index >= 15 is 0 Å². The Morgan fingerprint density at radius 2 is 2.29 bits per heavy atom. The van der Waals surface area contributed by atoms with Crippen molar-refractivity contribution in [2.45, 2.75) is 25.8 Å². The van der Waals surface area contributed by atoms with Crippen LogP contribution in [0, 0.1) is 6.92 Å². The van der Waals surface area contributed by atoms with Gasteiger partial charge < -0.3 is 16.0 Å². The number of nitrogens with two attached hydrogens (primary N) is 1. The lowest BCUT2D eigenvalue weighted by molar-refractivity contribution is -0.119. The zero-order valence-corrected chi connectivity index (χ0v) is 10.2. The van der Waals surface area contributed by atoms with Crippen LogP contribution in [0.2, 0.25) is 0 Å². The quantitative estimate of drug-likeness (QED) is 0.804. The normalized spacial score (nSPS) is 14.5. The van der Waals surface area contributed by atoms with Gasteiger partial charge in [0.2, 0.25) is 5.91 Å². The number of nitrogens with one attached hydrogen (secondary N) is 1. The number of aryl methyl sites for hydroxylation is 1. The van der Waals surface area contributed by atoms with E-state index in [0.717, 1.165) is 24.4 Å². The van der Waals surface area contributed by atoms with Gasteiger partial charge in [0.1, 0.15) is 5.82 Å². The van der Waals surface area contributed by atoms with Gasteiger partial charge >= 0.3 is 0 Å². The Kier molecular flexibility index (Phi) is 3.17. The summed E-state index contributed by atoms with van der Waals surface area (Å²) in [4.78, 5) is 17.8. The number of hydrogen-bond donors (Lipinski definition) is 2. The summed E-state index contributed by atoms with van der Waals surface area (Å²) < 4.78 is 0. The van der Waals surface area contributed by atoms with E-state index in [4.69, 9.17) is 5.73 Å². The maximum atomic E-state index is 11.6. The van der Waals surface area contributed by atoms with Crippen molar-refractivity contribution in [1.82, 2.24) is 10.3 Å². The second kappa shape index (κ2) is 4.61. The number of aromatic nitrogens is 1. The van der Waals surface area contributed by atoms with E-state index < -0.39 is 0 Å². The molecule has 0 aromatic carbocycles. The third-order valence-electron chi connectivity index (χ3n) is 2.83. The van der Waals surface area contributed by atoms with E-state index in [1.165, 1.54) is 0 Å². The van der Waals surface area contributed by atoms with Crippen LogP contribution in [0.1, 0.15) is 18.5 Å². The smallest absolute Gasteiger partial charge is 0.239 e. The number of nitrogen functional groups attached to an aromatic ring is 1. The van der Waals surface area contributed by atoms with Gasteiger partial charge in [-0.05, 0) is 31.9 Å². The fourth-order valence-electron chi connectivity index (χ4n) is 1.57. The summed E-state index contributed by atoms with van der Waals surface area (Å²) >= 11 is 0. The van der Waals surface area contributed by atoms with E-state index in [9.17, 15) is 4.79 Å². The summed E-state index contributed by atoms with van der Waals surface area (Å²) in [6.07, 6.45) is 2.21. The molecule has 0 aliphatic heterocycles. The predicted molar refractivity (Wildman–Crippen MR) is 67.8 cm³/mol. The van der Waals surface area contributed by atoms with Crippen molar-refractivity contribution < 1.29 is 4.79 Å². The van der Waals surface area contributed by atoms with E-state index in [1.807, 2.05) is 31.0 Å². The van der Waals surface area contributed by atoms with Gasteiger partial charge in [0.15, 0.2) is 0 Å². The molecule has 0 saturated heterocycles. The number of likely N-dealkylation sites (N-methyl/N-ethyl adjacent to an activating group) is 1. The molecule has 0 atom stereocenters. The average Bonchev–Trinajstić information content (AvgIpc) is 3.05. The average molecular weight is 234 g/mol. The molecule has 5 heteroatoms. The molecule has 1 aromatic heterocycles. The Labute approximate surface area is 101 Å². The molecule has 1 heterocycles. The molecule has 1 fully saturated rings. The van der Waals surface area contributed by atoms with Crippen molar-refractivity contribution in [2.24, 2.45) is 0 Å². The second-order valence-electron chi connectivity index (χ2n) is 4.54. The van der Waals surface area contributed by atoms with Gasteiger partial charge in [0.25, 0.3) is 0 Å². The van der Waals surface area contributed by atoms with Gasteiger partial charge in [-0.1, -0.05) is 0 Å². The second-order valence-corrected chi connectivity index (χ2v) is 4.54. The topological polar surface area (TPSA) is 71.2 Å². The summed E-state index contributed by atoms with van der Waals surface area (Å²) in [6, 6.07) is 4.04. The lowest BCUT2D eigenvalue weighted by Gasteiger charge is -2.18. The van der Waals surface area contributed by atoms with Crippen LogP contribution in [0.5, 0.6) is 0 Å². The predicted octanol–water partition coefficient (Wildman–Crippen LogP) is 0.687. The van der Waals surface area contributed by atoms with Crippen LogP contribution in [0.4, 0.5) is 11.5 Å². The molecule has 1 amide bonds. The highest BCUT2D eigenvalue weighted by Crippen LogP contribution is 2.19. The van der Waals surface area contributed by atoms with Crippen molar-refractivity contribution in [3.63, 3.8) is 0 Å². The minimum atomic E-state index is 0.0475. The third-order valence-corrected chi connectivity index (χ3v) is 2.83. The Hall–Kier alpha value is -1.78. The first-order valence-corrected chi connectivity index (χ1v) is 5.80. The molecule has 0 spiro atoms. The van der Waals surface area contributed by atoms with Crippen molar-refractivity contribution in [3.05, 3.63) is 17.8 Å². The highest BCUT2D eigenvalue weighted by atomic mass is 16.2. The number of hydrogen-bond acceptors (Lipinski definition) is 4. The van der Waals surface area contributed by atoms with Crippen LogP contribution < -0.4 is 16.0 Å². The monoisotopic (exact) mass is 234 g/mol. The van der Waals surface area contributed by atoms with Crippen LogP contribution in [-0.2, 0) is 4.79 Å². The maximum Gasteiger partial charge on any atom is 0.239 e. The van der Waals surface area contributed by atoms with E-state index in [0.29, 0.717) is 18.3 Å². The van der Waals surface area contributed by atoms with Crippen molar-refractivity contribution >= 4 is 17.4 Å². The summed E-state index contributed by atoms with van der Waals surface area (Å²) in [5.41, 5.74) is 7.16. The summed E-state index contributed by atoms with van der Waals surface area (Å²) in [7, 11) is 1.85. The van der Waals surface area contributed by atoms with Crippen LogP contribution in [0.15, 0.2) is 12.1 Å². The minimum absolute atomic E-state index is 0.0475. The number of carbonyl (C=O) groups is 1. The third kappa shape index (κ3) is 3.09. The number of amides is 1. The number of pyridine rings is 1. The van der Waals surface area contributed by atoms with Gasteiger partial charge in [-0.15, -0.1) is 0 Å². The largest absolute Gasteiger partial charge is 0.397 e. The molecule has 1 aliphatic rings. The molecule has 2 rings (SSSR count). The summed E-state index contributed by atoms with van der Waals surface area (Å²) in [5, 5.41) is 2.95. The zero-order valence-electron chi connectivity index (χ0n) is 10.2. The molecule has 1 aliphatic carbocycles. The molecule has 92 valence electrons. The molecule has 1 saturated carbocycles. The lowest BCUT2D eigenvalue weighted by Crippen LogP contribution is -2.36. The van der Waals surface area contributed by atoms with Crippen LogP contribution >= 0.6 is 0 Å². The van der Waals surface area contributed by atoms with Gasteiger partial charge in [-0.3, -0.25) is 4.79 Å². The Morgan fingerprint density at radius 3 is 2.88 bits per heavy atom. The molecule has 3 N–H and O–H groups in total. The molecule has 0 radical (unpaired) electrons. The van der Waals surface area contributed by atoms with Crippen LogP contribution in [0.25, 0.3) is 0 Å². The first kappa shape index (κ1) is 11.7. The molecular weight excluding hydrogens is 216 g/mol. The number of anilines is 2. The van der Waals surface area contributed by atoms with Crippen molar-refractivity contribution in [1.29, 1.82) is 0 Å². The molecule has 17 heavy (non-hydrogen) atoms. The van der Waals surface area contributed by atoms with Gasteiger partial charge in [-0.25, -0.2) is 4.98 Å². The Balaban J connectivity index is 1.95. The molecule has 0 bridgehead atoms. The van der Waals surface area contributed by atoms with E-state index in [1.54, 1.807) is 0 Å². The molecule has 0 unspecified atom stereocenters. The van der Waals surface area contributed by atoms with E-state index in [2.05, 4.69) is 10.3 Å². The number of nitrogens with zero attached hydrogens (tertiary/aromatic N) is 2. The Morgan fingerprint density at radius 1 is 1.59 bits per heavy atom. The van der Waals surface area contributed by atoms with Crippen molar-refractivity contribution in [2.75, 3.05) is 24.2 Å². The van der Waals surface area contributed by atoms with Gasteiger partial charge in [-0.2, -0.15) is 0 Å². The molecule has 1 aromatic rings. The van der Waals surface area contributed by atoms with E-state index in [-0.39, 0.29) is 5.91 Å². The fraction of sp³-hybridized carbons (Fsp3) is 0.500. The molecular formula is C12H18N4O. The number of rotatable bonds is 4. The van der Waals surface area contributed by atoms with Crippen molar-refractivity contribution in [3.8, 4) is 0 Å². The fourth-order valence-corrected chi connectivity index (χ4v) is 1.57. The maximum absolute atomic E-state index is 11.6. The first-order chi connectivity index (χ1) is 8.06. The summed E-state index contributed by atoms with van der Waals surface area (Å²) in [5.74, 6) is 0.814. The zero-order chi connectivity index (χ0) is 12.4.